The van der Waals surface area contributed by atoms with Gasteiger partial charge < -0.3 is 20.3 Å². The SMILES string of the molecule is CC(C)(C)[C@@H](Oc1nc(Oc2cc(Cl)cc(-c3cccc(CN)c3)c2)c(F)cc1F)C(=O)O. The van der Waals surface area contributed by atoms with E-state index in [4.69, 9.17) is 26.8 Å². The van der Waals surface area contributed by atoms with E-state index in [0.29, 0.717) is 23.2 Å². The molecule has 33 heavy (non-hydrogen) atoms. The fraction of sp³-hybridized carbons (Fsp3) is 0.250. The molecule has 1 aromatic heterocycles. The highest BCUT2D eigenvalue weighted by Crippen LogP contribution is 2.34. The number of rotatable bonds is 7. The molecule has 174 valence electrons. The molecule has 2 aromatic carbocycles. The van der Waals surface area contributed by atoms with Gasteiger partial charge in [-0.2, -0.15) is 4.98 Å². The van der Waals surface area contributed by atoms with Crippen LogP contribution < -0.4 is 15.2 Å². The van der Waals surface area contributed by atoms with Crippen molar-refractivity contribution in [1.29, 1.82) is 0 Å². The Morgan fingerprint density at radius 1 is 1.09 bits per heavy atom. The highest BCUT2D eigenvalue weighted by atomic mass is 35.5. The summed E-state index contributed by atoms with van der Waals surface area (Å²) in [6.07, 6.45) is -1.43. The molecule has 0 fully saturated rings. The number of carboxylic acid groups (broad SMARTS) is 1. The van der Waals surface area contributed by atoms with Crippen molar-refractivity contribution in [2.75, 3.05) is 0 Å². The minimum absolute atomic E-state index is 0.144. The van der Waals surface area contributed by atoms with Gasteiger partial charge in [0.2, 0.25) is 6.10 Å². The van der Waals surface area contributed by atoms with E-state index >= 15 is 0 Å². The monoisotopic (exact) mass is 476 g/mol. The second kappa shape index (κ2) is 9.72. The van der Waals surface area contributed by atoms with Crippen molar-refractivity contribution in [3.8, 4) is 28.6 Å². The molecule has 0 radical (unpaired) electrons. The summed E-state index contributed by atoms with van der Waals surface area (Å²) in [6, 6.07) is 12.8. The van der Waals surface area contributed by atoms with Crippen LogP contribution in [0.5, 0.6) is 17.5 Å². The molecule has 1 atom stereocenters. The van der Waals surface area contributed by atoms with E-state index in [0.717, 1.165) is 11.1 Å². The van der Waals surface area contributed by atoms with Crippen molar-refractivity contribution in [3.63, 3.8) is 0 Å². The first kappa shape index (κ1) is 24.4. The minimum Gasteiger partial charge on any atom is -0.478 e. The quantitative estimate of drug-likeness (QED) is 0.447. The van der Waals surface area contributed by atoms with Crippen LogP contribution in [-0.4, -0.2) is 22.2 Å². The summed E-state index contributed by atoms with van der Waals surface area (Å²) in [6.45, 7) is 5.19. The van der Waals surface area contributed by atoms with Crippen LogP contribution in [0.1, 0.15) is 26.3 Å². The van der Waals surface area contributed by atoms with Crippen molar-refractivity contribution < 1.29 is 28.2 Å². The molecule has 1 heterocycles. The highest BCUT2D eigenvalue weighted by Gasteiger charge is 2.35. The summed E-state index contributed by atoms with van der Waals surface area (Å²) in [5.41, 5.74) is 7.24. The zero-order chi connectivity index (χ0) is 24.3. The van der Waals surface area contributed by atoms with Gasteiger partial charge in [0.05, 0.1) is 0 Å². The molecular formula is C24H23ClF2N2O4. The predicted octanol–water partition coefficient (Wildman–Crippen LogP) is 5.81. The van der Waals surface area contributed by atoms with Crippen LogP contribution in [0.4, 0.5) is 8.78 Å². The molecule has 0 saturated carbocycles. The number of ether oxygens (including phenoxy) is 2. The Morgan fingerprint density at radius 2 is 1.79 bits per heavy atom. The molecule has 0 aliphatic rings. The number of aromatic nitrogens is 1. The maximum absolute atomic E-state index is 14.4. The van der Waals surface area contributed by atoms with Gasteiger partial charge in [0.1, 0.15) is 5.75 Å². The molecule has 0 amide bonds. The van der Waals surface area contributed by atoms with Gasteiger partial charge in [0.25, 0.3) is 11.8 Å². The van der Waals surface area contributed by atoms with Crippen LogP contribution in [-0.2, 0) is 11.3 Å². The van der Waals surface area contributed by atoms with E-state index in [-0.39, 0.29) is 5.75 Å². The summed E-state index contributed by atoms with van der Waals surface area (Å²) in [7, 11) is 0. The summed E-state index contributed by atoms with van der Waals surface area (Å²) < 4.78 is 39.5. The first-order valence-corrected chi connectivity index (χ1v) is 10.4. The standard InChI is InChI=1S/C24H23ClF2N2O4/c1-24(2,3)20(23(30)31)33-22-19(27)11-18(26)21(29-22)32-17-9-15(8-16(25)10-17)14-6-4-5-13(7-14)12-28/h4-11,20H,12,28H2,1-3H3,(H,30,31)/t20-/m0/s1. The molecular weight excluding hydrogens is 454 g/mol. The molecule has 3 rings (SSSR count). The summed E-state index contributed by atoms with van der Waals surface area (Å²) in [5, 5.41) is 9.74. The average molecular weight is 477 g/mol. The fourth-order valence-corrected chi connectivity index (χ4v) is 3.30. The number of nitrogens with zero attached hydrogens (tertiary/aromatic N) is 1. The normalized spacial score (nSPS) is 12.3. The van der Waals surface area contributed by atoms with Gasteiger partial charge in [-0.25, -0.2) is 13.6 Å². The Bertz CT molecular complexity index is 1180. The van der Waals surface area contributed by atoms with Crippen molar-refractivity contribution in [3.05, 3.63) is 70.8 Å². The number of hydrogen-bond acceptors (Lipinski definition) is 5. The zero-order valence-electron chi connectivity index (χ0n) is 18.2. The molecule has 0 bridgehead atoms. The van der Waals surface area contributed by atoms with Gasteiger partial charge in [-0.3, -0.25) is 0 Å². The van der Waals surface area contributed by atoms with Gasteiger partial charge in [0, 0.05) is 23.0 Å². The number of pyridine rings is 1. The molecule has 3 N–H and O–H groups in total. The highest BCUT2D eigenvalue weighted by molar-refractivity contribution is 6.31. The summed E-state index contributed by atoms with van der Waals surface area (Å²) in [4.78, 5) is 15.3. The lowest BCUT2D eigenvalue weighted by Crippen LogP contribution is -2.39. The number of aliphatic carboxylic acids is 1. The first-order valence-electron chi connectivity index (χ1n) is 10.0. The van der Waals surface area contributed by atoms with E-state index in [1.807, 2.05) is 24.3 Å². The Morgan fingerprint density at radius 3 is 2.42 bits per heavy atom. The van der Waals surface area contributed by atoms with Crippen LogP contribution >= 0.6 is 11.6 Å². The van der Waals surface area contributed by atoms with Crippen LogP contribution in [0.25, 0.3) is 11.1 Å². The molecule has 3 aromatic rings. The van der Waals surface area contributed by atoms with E-state index < -0.39 is 40.9 Å². The van der Waals surface area contributed by atoms with Gasteiger partial charge in [-0.05, 0) is 41.0 Å². The maximum Gasteiger partial charge on any atom is 0.345 e. The van der Waals surface area contributed by atoms with Gasteiger partial charge >= 0.3 is 5.97 Å². The lowest BCUT2D eigenvalue weighted by molar-refractivity contribution is -0.150. The molecule has 0 spiro atoms. The van der Waals surface area contributed by atoms with Crippen molar-refractivity contribution in [2.24, 2.45) is 11.1 Å². The van der Waals surface area contributed by atoms with E-state index in [2.05, 4.69) is 4.98 Å². The average Bonchev–Trinajstić information content (AvgIpc) is 2.73. The number of benzene rings is 2. The Hall–Kier alpha value is -3.23. The molecule has 6 nitrogen and oxygen atoms in total. The van der Waals surface area contributed by atoms with Crippen LogP contribution in [0, 0.1) is 17.0 Å². The first-order chi connectivity index (χ1) is 15.5. The predicted molar refractivity (Wildman–Crippen MR) is 121 cm³/mol. The Kier molecular flexibility index (Phi) is 7.19. The lowest BCUT2D eigenvalue weighted by atomic mass is 9.89. The smallest absolute Gasteiger partial charge is 0.345 e. The largest absolute Gasteiger partial charge is 0.478 e. The lowest BCUT2D eigenvalue weighted by Gasteiger charge is -2.27. The van der Waals surface area contributed by atoms with Crippen LogP contribution in [0.3, 0.4) is 0 Å². The van der Waals surface area contributed by atoms with Crippen LogP contribution in [0.2, 0.25) is 5.02 Å². The fourth-order valence-electron chi connectivity index (χ4n) is 3.08. The number of carbonyl (C=O) groups is 1. The van der Waals surface area contributed by atoms with Gasteiger partial charge in [0.15, 0.2) is 11.6 Å². The van der Waals surface area contributed by atoms with Gasteiger partial charge in [-0.15, -0.1) is 0 Å². The summed E-state index contributed by atoms with van der Waals surface area (Å²) in [5.74, 6) is -4.69. The Balaban J connectivity index is 1.96. The van der Waals surface area contributed by atoms with E-state index in [1.54, 1.807) is 32.9 Å². The van der Waals surface area contributed by atoms with Crippen LogP contribution in [0.15, 0.2) is 48.5 Å². The van der Waals surface area contributed by atoms with Crippen molar-refractivity contribution in [1.82, 2.24) is 4.98 Å². The van der Waals surface area contributed by atoms with E-state index in [1.165, 1.54) is 6.07 Å². The third-order valence-corrected chi connectivity index (χ3v) is 4.91. The third kappa shape index (κ3) is 5.97. The zero-order valence-corrected chi connectivity index (χ0v) is 19.0. The number of carboxylic acids is 1. The van der Waals surface area contributed by atoms with Crippen molar-refractivity contribution in [2.45, 2.75) is 33.4 Å². The topological polar surface area (TPSA) is 94.7 Å². The molecule has 0 aliphatic heterocycles. The molecule has 0 aliphatic carbocycles. The molecule has 9 heteroatoms. The summed E-state index contributed by atoms with van der Waals surface area (Å²) >= 11 is 6.22. The minimum atomic E-state index is -1.43. The number of nitrogens with two attached hydrogens (primary N) is 1. The number of hydrogen-bond donors (Lipinski definition) is 2. The molecule has 0 unspecified atom stereocenters. The third-order valence-electron chi connectivity index (χ3n) is 4.69. The van der Waals surface area contributed by atoms with Gasteiger partial charge in [-0.1, -0.05) is 50.6 Å². The Labute approximate surface area is 194 Å². The number of halogens is 3. The van der Waals surface area contributed by atoms with Crippen molar-refractivity contribution >= 4 is 17.6 Å². The maximum atomic E-state index is 14.4. The second-order valence-corrected chi connectivity index (χ2v) is 8.88. The second-order valence-electron chi connectivity index (χ2n) is 8.45. The van der Waals surface area contributed by atoms with E-state index in [9.17, 15) is 18.7 Å². The molecule has 0 saturated heterocycles.